The van der Waals surface area contributed by atoms with Gasteiger partial charge < -0.3 is 9.80 Å². The Morgan fingerprint density at radius 1 is 1.20 bits per heavy atom. The molecule has 1 fully saturated rings. The van der Waals surface area contributed by atoms with E-state index < -0.39 is 0 Å². The van der Waals surface area contributed by atoms with Gasteiger partial charge in [0, 0.05) is 36.7 Å². The summed E-state index contributed by atoms with van der Waals surface area (Å²) >= 11 is 2.19. The van der Waals surface area contributed by atoms with E-state index in [1.54, 1.807) is 19.0 Å². The van der Waals surface area contributed by atoms with E-state index in [2.05, 4.69) is 22.6 Å². The van der Waals surface area contributed by atoms with E-state index >= 15 is 0 Å². The van der Waals surface area contributed by atoms with Crippen molar-refractivity contribution in [3.05, 3.63) is 33.4 Å². The molecule has 1 aromatic carbocycles. The maximum absolute atomic E-state index is 12.5. The van der Waals surface area contributed by atoms with Gasteiger partial charge in [0.05, 0.1) is 5.56 Å². The van der Waals surface area contributed by atoms with Crippen molar-refractivity contribution in [2.24, 2.45) is 5.92 Å². The molecule has 1 aromatic rings. The molecule has 1 aliphatic rings. The smallest absolute Gasteiger partial charge is 0.254 e. The van der Waals surface area contributed by atoms with Crippen LogP contribution in [0.25, 0.3) is 0 Å². The molecule has 0 N–H and O–H groups in total. The molecule has 0 radical (unpaired) electrons. The molecule has 0 atom stereocenters. The lowest BCUT2D eigenvalue weighted by atomic mass is 9.95. The molecule has 0 saturated carbocycles. The van der Waals surface area contributed by atoms with E-state index in [1.807, 2.05) is 29.2 Å². The summed E-state index contributed by atoms with van der Waals surface area (Å²) in [4.78, 5) is 27.9. The Hall–Kier alpha value is -1.11. The van der Waals surface area contributed by atoms with Gasteiger partial charge >= 0.3 is 0 Å². The van der Waals surface area contributed by atoms with Gasteiger partial charge in [-0.05, 0) is 47.6 Å². The molecule has 20 heavy (non-hydrogen) atoms. The largest absolute Gasteiger partial charge is 0.349 e. The Kier molecular flexibility index (Phi) is 5.01. The van der Waals surface area contributed by atoms with Gasteiger partial charge in [0.1, 0.15) is 0 Å². The highest BCUT2D eigenvalue weighted by Crippen LogP contribution is 2.22. The van der Waals surface area contributed by atoms with Crippen molar-refractivity contribution in [2.45, 2.75) is 12.8 Å². The first-order valence-corrected chi connectivity index (χ1v) is 7.83. The summed E-state index contributed by atoms with van der Waals surface area (Å²) in [6.45, 7) is 1.32. The third kappa shape index (κ3) is 3.31. The Labute approximate surface area is 133 Å². The van der Waals surface area contributed by atoms with Gasteiger partial charge in [-0.2, -0.15) is 0 Å². The lowest BCUT2D eigenvalue weighted by Crippen LogP contribution is -2.42. The summed E-state index contributed by atoms with van der Waals surface area (Å²) in [6, 6.07) is 7.62. The highest BCUT2D eigenvalue weighted by molar-refractivity contribution is 14.1. The summed E-state index contributed by atoms with van der Waals surface area (Å²) in [5.74, 6) is 0.307. The molecule has 5 heteroatoms. The second-order valence-electron chi connectivity index (χ2n) is 5.28. The zero-order valence-corrected chi connectivity index (χ0v) is 14.0. The van der Waals surface area contributed by atoms with Crippen LogP contribution in [-0.2, 0) is 4.79 Å². The molecular formula is C15H19IN2O2. The van der Waals surface area contributed by atoms with Gasteiger partial charge in [-0.15, -0.1) is 0 Å². The fourth-order valence-electron chi connectivity index (χ4n) is 2.50. The van der Waals surface area contributed by atoms with Crippen LogP contribution < -0.4 is 0 Å². The summed E-state index contributed by atoms with van der Waals surface area (Å²) in [7, 11) is 3.57. The van der Waals surface area contributed by atoms with E-state index in [0.29, 0.717) is 13.1 Å². The second-order valence-corrected chi connectivity index (χ2v) is 6.44. The van der Waals surface area contributed by atoms with Gasteiger partial charge in [-0.25, -0.2) is 0 Å². The van der Waals surface area contributed by atoms with Crippen LogP contribution in [-0.4, -0.2) is 48.8 Å². The Bertz CT molecular complexity index is 508. The van der Waals surface area contributed by atoms with Crippen molar-refractivity contribution in [3.63, 3.8) is 0 Å². The van der Waals surface area contributed by atoms with Crippen molar-refractivity contribution in [3.8, 4) is 0 Å². The predicted octanol–water partition coefficient (Wildman–Crippen LogP) is 2.23. The SMILES string of the molecule is CN(C)C(=O)C1CCN(C(=O)c2ccccc2I)CC1. The van der Waals surface area contributed by atoms with E-state index in [-0.39, 0.29) is 17.7 Å². The monoisotopic (exact) mass is 386 g/mol. The molecular weight excluding hydrogens is 367 g/mol. The number of carbonyl (C=O) groups excluding carboxylic acids is 2. The Morgan fingerprint density at radius 2 is 1.80 bits per heavy atom. The first kappa shape index (κ1) is 15.3. The van der Waals surface area contributed by atoms with Crippen molar-refractivity contribution in [2.75, 3.05) is 27.2 Å². The molecule has 108 valence electrons. The van der Waals surface area contributed by atoms with E-state index in [9.17, 15) is 9.59 Å². The Balaban J connectivity index is 1.99. The first-order valence-electron chi connectivity index (χ1n) is 6.75. The second kappa shape index (κ2) is 6.56. The predicted molar refractivity (Wildman–Crippen MR) is 86.5 cm³/mol. The summed E-state index contributed by atoms with van der Waals surface area (Å²) < 4.78 is 0.974. The Morgan fingerprint density at radius 3 is 2.35 bits per heavy atom. The van der Waals surface area contributed by atoms with Crippen LogP contribution in [0.4, 0.5) is 0 Å². The van der Waals surface area contributed by atoms with Gasteiger partial charge in [0.2, 0.25) is 5.91 Å². The molecule has 1 saturated heterocycles. The minimum absolute atomic E-state index is 0.0592. The first-order chi connectivity index (χ1) is 9.50. The number of halogens is 1. The third-order valence-corrected chi connectivity index (χ3v) is 4.62. The van der Waals surface area contributed by atoms with E-state index in [0.717, 1.165) is 22.0 Å². The zero-order valence-electron chi connectivity index (χ0n) is 11.8. The van der Waals surface area contributed by atoms with Crippen LogP contribution in [0.2, 0.25) is 0 Å². The maximum Gasteiger partial charge on any atom is 0.254 e. The minimum atomic E-state index is 0.0592. The van der Waals surface area contributed by atoms with Crippen LogP contribution in [0.5, 0.6) is 0 Å². The molecule has 2 rings (SSSR count). The van der Waals surface area contributed by atoms with Crippen LogP contribution in [0.3, 0.4) is 0 Å². The number of likely N-dealkylation sites (tertiary alicyclic amines) is 1. The van der Waals surface area contributed by atoms with Crippen molar-refractivity contribution in [1.29, 1.82) is 0 Å². The van der Waals surface area contributed by atoms with Crippen molar-refractivity contribution < 1.29 is 9.59 Å². The number of hydrogen-bond donors (Lipinski definition) is 0. The molecule has 0 unspecified atom stereocenters. The fraction of sp³-hybridized carbons (Fsp3) is 0.467. The van der Waals surface area contributed by atoms with Crippen molar-refractivity contribution in [1.82, 2.24) is 9.80 Å². The van der Waals surface area contributed by atoms with Crippen LogP contribution in [0.15, 0.2) is 24.3 Å². The average Bonchev–Trinajstić information content (AvgIpc) is 2.46. The van der Waals surface area contributed by atoms with Gasteiger partial charge in [-0.3, -0.25) is 9.59 Å². The number of piperidine rings is 1. The maximum atomic E-state index is 12.5. The van der Waals surface area contributed by atoms with Crippen LogP contribution in [0, 0.1) is 9.49 Å². The average molecular weight is 386 g/mol. The zero-order chi connectivity index (χ0) is 14.7. The number of hydrogen-bond acceptors (Lipinski definition) is 2. The highest BCUT2D eigenvalue weighted by Gasteiger charge is 2.28. The quantitative estimate of drug-likeness (QED) is 0.732. The minimum Gasteiger partial charge on any atom is -0.349 e. The molecule has 0 aliphatic carbocycles. The number of rotatable bonds is 2. The standard InChI is InChI=1S/C15H19IN2O2/c1-17(2)14(19)11-7-9-18(10-8-11)15(20)12-5-3-4-6-13(12)16/h3-6,11H,7-10H2,1-2H3. The number of amides is 2. The van der Waals surface area contributed by atoms with Gasteiger partial charge in [0.15, 0.2) is 0 Å². The topological polar surface area (TPSA) is 40.6 Å². The van der Waals surface area contributed by atoms with Crippen molar-refractivity contribution >= 4 is 34.4 Å². The lowest BCUT2D eigenvalue weighted by Gasteiger charge is -2.32. The van der Waals surface area contributed by atoms with Gasteiger partial charge in [0.25, 0.3) is 5.91 Å². The van der Waals surface area contributed by atoms with Crippen LogP contribution in [0.1, 0.15) is 23.2 Å². The molecule has 0 aromatic heterocycles. The molecule has 0 spiro atoms. The lowest BCUT2D eigenvalue weighted by molar-refractivity contribution is -0.134. The summed E-state index contributed by atoms with van der Waals surface area (Å²) in [6.07, 6.45) is 1.51. The van der Waals surface area contributed by atoms with E-state index in [4.69, 9.17) is 0 Å². The normalized spacial score (nSPS) is 16.1. The molecule has 1 aliphatic heterocycles. The summed E-state index contributed by atoms with van der Waals surface area (Å²) in [5, 5.41) is 0. The molecule has 0 bridgehead atoms. The van der Waals surface area contributed by atoms with E-state index in [1.165, 1.54) is 0 Å². The fourth-order valence-corrected chi connectivity index (χ4v) is 3.12. The molecule has 4 nitrogen and oxygen atoms in total. The summed E-state index contributed by atoms with van der Waals surface area (Å²) in [5.41, 5.74) is 0.755. The molecule has 1 heterocycles. The number of nitrogens with zero attached hydrogens (tertiary/aromatic N) is 2. The van der Waals surface area contributed by atoms with Crippen LogP contribution >= 0.6 is 22.6 Å². The molecule has 2 amide bonds. The van der Waals surface area contributed by atoms with Gasteiger partial charge in [-0.1, -0.05) is 12.1 Å². The highest BCUT2D eigenvalue weighted by atomic mass is 127. The third-order valence-electron chi connectivity index (χ3n) is 3.68. The number of benzene rings is 1. The number of carbonyl (C=O) groups is 2.